The van der Waals surface area contributed by atoms with Crippen LogP contribution in [0.15, 0.2) is 35.3 Å². The zero-order valence-electron chi connectivity index (χ0n) is 11.4. The van der Waals surface area contributed by atoms with Crippen molar-refractivity contribution in [3.8, 4) is 0 Å². The van der Waals surface area contributed by atoms with Gasteiger partial charge in [0.2, 0.25) is 5.28 Å². The number of piperidine rings is 1. The fourth-order valence-corrected chi connectivity index (χ4v) is 3.73. The number of hydrogen-bond donors (Lipinski definition) is 0. The van der Waals surface area contributed by atoms with Crippen LogP contribution in [-0.2, 0) is 6.54 Å². The van der Waals surface area contributed by atoms with Crippen LogP contribution in [-0.4, -0.2) is 27.6 Å². The zero-order chi connectivity index (χ0) is 14.4. The summed E-state index contributed by atoms with van der Waals surface area (Å²) < 4.78 is 1.93. The SMILES string of the molecule is O=c1cccc2n1C[C@H]1C[C@H]2CN(c2ccnc(Cl)n2)C1. The molecule has 0 unspecified atom stereocenters. The van der Waals surface area contributed by atoms with Crippen molar-refractivity contribution >= 4 is 17.4 Å². The van der Waals surface area contributed by atoms with Crippen LogP contribution in [0.3, 0.4) is 0 Å². The lowest BCUT2D eigenvalue weighted by atomic mass is 9.83. The number of anilines is 1. The van der Waals surface area contributed by atoms with Gasteiger partial charge in [-0.15, -0.1) is 0 Å². The smallest absolute Gasteiger partial charge is 0.250 e. The van der Waals surface area contributed by atoms with Gasteiger partial charge in [-0.25, -0.2) is 9.97 Å². The molecule has 2 aliphatic rings. The Morgan fingerprint density at radius 2 is 2.10 bits per heavy atom. The summed E-state index contributed by atoms with van der Waals surface area (Å²) in [6.07, 6.45) is 2.83. The van der Waals surface area contributed by atoms with Gasteiger partial charge in [0.05, 0.1) is 0 Å². The summed E-state index contributed by atoms with van der Waals surface area (Å²) in [4.78, 5) is 22.5. The molecule has 0 N–H and O–H groups in total. The van der Waals surface area contributed by atoms with E-state index in [4.69, 9.17) is 11.6 Å². The Bertz CT molecular complexity index is 744. The first kappa shape index (κ1) is 12.8. The molecule has 4 rings (SSSR count). The van der Waals surface area contributed by atoms with Crippen molar-refractivity contribution < 1.29 is 0 Å². The summed E-state index contributed by atoms with van der Waals surface area (Å²) in [6, 6.07) is 7.46. The Morgan fingerprint density at radius 3 is 2.95 bits per heavy atom. The fourth-order valence-electron chi connectivity index (χ4n) is 3.59. The molecule has 0 aliphatic carbocycles. The molecule has 0 saturated carbocycles. The van der Waals surface area contributed by atoms with Gasteiger partial charge >= 0.3 is 0 Å². The minimum absolute atomic E-state index is 0.112. The number of hydrogen-bond acceptors (Lipinski definition) is 4. The third-order valence-electron chi connectivity index (χ3n) is 4.42. The van der Waals surface area contributed by atoms with Crippen LogP contribution in [0.4, 0.5) is 5.82 Å². The second kappa shape index (κ2) is 4.84. The molecule has 5 nitrogen and oxygen atoms in total. The maximum Gasteiger partial charge on any atom is 0.250 e. The van der Waals surface area contributed by atoms with Gasteiger partial charge in [0, 0.05) is 43.5 Å². The maximum absolute atomic E-state index is 12.0. The molecule has 6 heteroatoms. The summed E-state index contributed by atoms with van der Waals surface area (Å²) in [5.74, 6) is 1.72. The largest absolute Gasteiger partial charge is 0.355 e. The minimum atomic E-state index is 0.112. The summed E-state index contributed by atoms with van der Waals surface area (Å²) in [6.45, 7) is 2.57. The highest BCUT2D eigenvalue weighted by Crippen LogP contribution is 2.36. The van der Waals surface area contributed by atoms with E-state index in [9.17, 15) is 4.79 Å². The number of pyridine rings is 1. The van der Waals surface area contributed by atoms with E-state index in [1.807, 2.05) is 16.7 Å². The first-order chi connectivity index (χ1) is 10.2. The van der Waals surface area contributed by atoms with Crippen LogP contribution in [0, 0.1) is 5.92 Å². The van der Waals surface area contributed by atoms with Crippen LogP contribution in [0.5, 0.6) is 0 Å². The number of halogens is 1. The van der Waals surface area contributed by atoms with Gasteiger partial charge in [-0.3, -0.25) is 4.79 Å². The molecule has 0 aromatic carbocycles. The topological polar surface area (TPSA) is 51.0 Å². The molecule has 0 amide bonds. The number of fused-ring (bicyclic) bond motifs is 4. The van der Waals surface area contributed by atoms with Gasteiger partial charge in [0.15, 0.2) is 0 Å². The van der Waals surface area contributed by atoms with Crippen molar-refractivity contribution in [1.29, 1.82) is 0 Å². The second-order valence-corrected chi connectivity index (χ2v) is 6.13. The number of aromatic nitrogens is 3. The average Bonchev–Trinajstić information content (AvgIpc) is 2.48. The molecule has 108 valence electrons. The molecule has 2 aliphatic heterocycles. The second-order valence-electron chi connectivity index (χ2n) is 5.79. The lowest BCUT2D eigenvalue weighted by Gasteiger charge is -2.43. The first-order valence-electron chi connectivity index (χ1n) is 7.14. The first-order valence-corrected chi connectivity index (χ1v) is 7.52. The molecule has 0 radical (unpaired) electrons. The van der Waals surface area contributed by atoms with Crippen molar-refractivity contribution in [2.24, 2.45) is 5.92 Å². The molecule has 2 aromatic heterocycles. The average molecular weight is 303 g/mol. The van der Waals surface area contributed by atoms with Crippen molar-refractivity contribution in [2.75, 3.05) is 18.0 Å². The summed E-state index contributed by atoms with van der Waals surface area (Å²) >= 11 is 5.89. The predicted molar refractivity (Wildman–Crippen MR) is 80.8 cm³/mol. The third kappa shape index (κ3) is 2.21. The van der Waals surface area contributed by atoms with Crippen LogP contribution in [0.2, 0.25) is 5.28 Å². The van der Waals surface area contributed by atoms with Crippen LogP contribution in [0.1, 0.15) is 18.0 Å². The van der Waals surface area contributed by atoms with E-state index in [-0.39, 0.29) is 10.8 Å². The van der Waals surface area contributed by atoms with Crippen LogP contribution >= 0.6 is 11.6 Å². The molecule has 2 atom stereocenters. The fraction of sp³-hybridized carbons (Fsp3) is 0.400. The van der Waals surface area contributed by atoms with Gasteiger partial charge < -0.3 is 9.47 Å². The van der Waals surface area contributed by atoms with Gasteiger partial charge in [-0.1, -0.05) is 6.07 Å². The van der Waals surface area contributed by atoms with Crippen molar-refractivity contribution in [3.63, 3.8) is 0 Å². The van der Waals surface area contributed by atoms with Crippen molar-refractivity contribution in [1.82, 2.24) is 14.5 Å². The highest BCUT2D eigenvalue weighted by atomic mass is 35.5. The molecule has 0 spiro atoms. The third-order valence-corrected chi connectivity index (χ3v) is 4.60. The monoisotopic (exact) mass is 302 g/mol. The Kier molecular flexibility index (Phi) is 2.96. The molecule has 4 heterocycles. The van der Waals surface area contributed by atoms with E-state index in [0.717, 1.165) is 37.6 Å². The summed E-state index contributed by atoms with van der Waals surface area (Å²) in [5.41, 5.74) is 1.25. The number of rotatable bonds is 1. The van der Waals surface area contributed by atoms with Crippen LogP contribution < -0.4 is 10.5 Å². The van der Waals surface area contributed by atoms with Crippen molar-refractivity contribution in [3.05, 3.63) is 51.8 Å². The lowest BCUT2D eigenvalue weighted by molar-refractivity contribution is 0.280. The number of nitrogens with zero attached hydrogens (tertiary/aromatic N) is 4. The van der Waals surface area contributed by atoms with Crippen LogP contribution in [0.25, 0.3) is 0 Å². The summed E-state index contributed by atoms with van der Waals surface area (Å²) in [7, 11) is 0. The van der Waals surface area contributed by atoms with E-state index in [1.54, 1.807) is 12.3 Å². The van der Waals surface area contributed by atoms with E-state index in [0.29, 0.717) is 11.8 Å². The van der Waals surface area contributed by atoms with Gasteiger partial charge in [0.1, 0.15) is 5.82 Å². The standard InChI is InChI=1S/C15H15ClN4O/c16-15-17-5-4-13(18-15)19-7-10-6-11(9-19)12-2-1-3-14(21)20(12)8-10/h1-5,10-11H,6-9H2/t10-,11-/m0/s1. The molecule has 2 aromatic rings. The zero-order valence-corrected chi connectivity index (χ0v) is 12.2. The maximum atomic E-state index is 12.0. The van der Waals surface area contributed by atoms with E-state index in [1.165, 1.54) is 0 Å². The Labute approximate surface area is 127 Å². The predicted octanol–water partition coefficient (Wildman–Crippen LogP) is 1.92. The van der Waals surface area contributed by atoms with E-state index >= 15 is 0 Å². The Balaban J connectivity index is 1.70. The Morgan fingerprint density at radius 1 is 1.19 bits per heavy atom. The van der Waals surface area contributed by atoms with Gasteiger partial charge in [-0.05, 0) is 36.1 Å². The van der Waals surface area contributed by atoms with Gasteiger partial charge in [0.25, 0.3) is 5.56 Å². The molecule has 1 fully saturated rings. The molecule has 21 heavy (non-hydrogen) atoms. The highest BCUT2D eigenvalue weighted by Gasteiger charge is 2.34. The molecular formula is C15H15ClN4O. The van der Waals surface area contributed by atoms with E-state index < -0.39 is 0 Å². The minimum Gasteiger partial charge on any atom is -0.355 e. The molecule has 2 bridgehead atoms. The lowest BCUT2D eigenvalue weighted by Crippen LogP contribution is -2.47. The van der Waals surface area contributed by atoms with Crippen molar-refractivity contribution in [2.45, 2.75) is 18.9 Å². The van der Waals surface area contributed by atoms with E-state index in [2.05, 4.69) is 20.9 Å². The highest BCUT2D eigenvalue weighted by molar-refractivity contribution is 6.28. The quantitative estimate of drug-likeness (QED) is 0.755. The molecule has 1 saturated heterocycles. The summed E-state index contributed by atoms with van der Waals surface area (Å²) in [5, 5.41) is 0.278. The van der Waals surface area contributed by atoms with Gasteiger partial charge in [-0.2, -0.15) is 0 Å². The molecular weight excluding hydrogens is 288 g/mol. The normalized spacial score (nSPS) is 23.8. The Hall–Kier alpha value is -1.88.